The molecule has 27 heavy (non-hydrogen) atoms. The number of fused-ring (bicyclic) bond motifs is 1. The van der Waals surface area contributed by atoms with Crippen molar-refractivity contribution in [1.82, 2.24) is 15.0 Å². The molecule has 1 aromatic carbocycles. The van der Waals surface area contributed by atoms with Gasteiger partial charge in [-0.15, -0.1) is 0 Å². The summed E-state index contributed by atoms with van der Waals surface area (Å²) >= 11 is 0. The Hall–Kier alpha value is -2.89. The van der Waals surface area contributed by atoms with Crippen LogP contribution in [0.3, 0.4) is 0 Å². The van der Waals surface area contributed by atoms with Crippen molar-refractivity contribution in [3.8, 4) is 17.0 Å². The molecule has 1 amide bonds. The quantitative estimate of drug-likeness (QED) is 0.699. The molecule has 4 rings (SSSR count). The third kappa shape index (κ3) is 3.27. The van der Waals surface area contributed by atoms with E-state index in [2.05, 4.69) is 17.1 Å². The second kappa shape index (κ2) is 7.02. The molecule has 0 saturated carbocycles. The van der Waals surface area contributed by atoms with Gasteiger partial charge >= 0.3 is 0 Å². The highest BCUT2D eigenvalue weighted by Gasteiger charge is 2.26. The largest absolute Gasteiger partial charge is 0.497 e. The predicted octanol–water partition coefficient (Wildman–Crippen LogP) is 4.08. The average molecular weight is 365 g/mol. The van der Waals surface area contributed by atoms with E-state index in [0.717, 1.165) is 30.8 Å². The van der Waals surface area contributed by atoms with Gasteiger partial charge in [0, 0.05) is 18.7 Å². The number of hydrogen-bond acceptors (Lipinski definition) is 5. The number of carbonyl (C=O) groups is 1. The molecule has 3 heterocycles. The lowest BCUT2D eigenvalue weighted by molar-refractivity contribution is 0.0685. The van der Waals surface area contributed by atoms with Gasteiger partial charge in [-0.3, -0.25) is 4.79 Å². The zero-order valence-corrected chi connectivity index (χ0v) is 15.9. The normalized spacial score (nSPS) is 17.3. The molecular formula is C21H23N3O3. The minimum Gasteiger partial charge on any atom is -0.497 e. The summed E-state index contributed by atoms with van der Waals surface area (Å²) in [5.41, 5.74) is 3.28. The molecule has 0 radical (unpaired) electrons. The van der Waals surface area contributed by atoms with Crippen molar-refractivity contribution in [2.45, 2.75) is 26.7 Å². The van der Waals surface area contributed by atoms with Gasteiger partial charge in [0.15, 0.2) is 0 Å². The Balaban J connectivity index is 1.80. The highest BCUT2D eigenvalue weighted by atomic mass is 16.5. The molecule has 6 heteroatoms. The van der Waals surface area contributed by atoms with E-state index in [-0.39, 0.29) is 5.91 Å². The molecule has 0 aliphatic carbocycles. The maximum absolute atomic E-state index is 13.3. The molecule has 0 bridgehead atoms. The lowest BCUT2D eigenvalue weighted by Gasteiger charge is -2.31. The molecule has 1 aliphatic rings. The number of piperidine rings is 1. The Labute approximate surface area is 158 Å². The topological polar surface area (TPSA) is 68.5 Å². The van der Waals surface area contributed by atoms with Crippen LogP contribution in [0.2, 0.25) is 0 Å². The number of nitrogens with zero attached hydrogens (tertiary/aromatic N) is 3. The van der Waals surface area contributed by atoms with Gasteiger partial charge in [0.1, 0.15) is 5.75 Å². The van der Waals surface area contributed by atoms with Crippen LogP contribution in [-0.4, -0.2) is 41.1 Å². The Morgan fingerprint density at radius 3 is 2.78 bits per heavy atom. The van der Waals surface area contributed by atoms with Crippen LogP contribution in [0.5, 0.6) is 5.75 Å². The van der Waals surface area contributed by atoms with Crippen LogP contribution in [-0.2, 0) is 0 Å². The van der Waals surface area contributed by atoms with Gasteiger partial charge in [-0.25, -0.2) is 4.98 Å². The molecule has 2 aromatic heterocycles. The molecule has 1 saturated heterocycles. The summed E-state index contributed by atoms with van der Waals surface area (Å²) in [7, 11) is 1.63. The fraction of sp³-hybridized carbons (Fsp3) is 0.381. The summed E-state index contributed by atoms with van der Waals surface area (Å²) in [4.78, 5) is 19.8. The predicted molar refractivity (Wildman–Crippen MR) is 103 cm³/mol. The molecule has 0 N–H and O–H groups in total. The number of likely N-dealkylation sites (tertiary alicyclic amines) is 1. The van der Waals surface area contributed by atoms with Crippen LogP contribution in [0, 0.1) is 12.8 Å². The van der Waals surface area contributed by atoms with Crippen molar-refractivity contribution >= 4 is 17.0 Å². The van der Waals surface area contributed by atoms with Crippen LogP contribution in [0.4, 0.5) is 0 Å². The molecule has 1 fully saturated rings. The van der Waals surface area contributed by atoms with Crippen molar-refractivity contribution in [3.63, 3.8) is 0 Å². The second-order valence-electron chi connectivity index (χ2n) is 7.23. The van der Waals surface area contributed by atoms with Gasteiger partial charge in [-0.1, -0.05) is 12.1 Å². The number of aromatic nitrogens is 2. The summed E-state index contributed by atoms with van der Waals surface area (Å²) in [6.07, 6.45) is 2.20. The number of benzene rings is 1. The SMILES string of the molecule is COc1ccc(-c2cc(C(=O)N3CCC[C@H](C)C3)c3c(C)noc3n2)cc1. The van der Waals surface area contributed by atoms with E-state index in [1.165, 1.54) is 6.42 Å². The van der Waals surface area contributed by atoms with Gasteiger partial charge in [0.2, 0.25) is 0 Å². The van der Waals surface area contributed by atoms with Gasteiger partial charge in [0.05, 0.1) is 29.4 Å². The molecule has 140 valence electrons. The van der Waals surface area contributed by atoms with Crippen LogP contribution in [0.25, 0.3) is 22.4 Å². The first-order valence-corrected chi connectivity index (χ1v) is 9.27. The van der Waals surface area contributed by atoms with E-state index in [1.807, 2.05) is 42.2 Å². The van der Waals surface area contributed by atoms with Crippen LogP contribution < -0.4 is 4.74 Å². The van der Waals surface area contributed by atoms with E-state index in [0.29, 0.717) is 34.0 Å². The van der Waals surface area contributed by atoms with Crippen LogP contribution in [0.15, 0.2) is 34.9 Å². The van der Waals surface area contributed by atoms with Crippen molar-refractivity contribution in [2.75, 3.05) is 20.2 Å². The summed E-state index contributed by atoms with van der Waals surface area (Å²) in [6.45, 7) is 5.60. The molecule has 1 atom stereocenters. The van der Waals surface area contributed by atoms with Crippen molar-refractivity contribution in [2.24, 2.45) is 5.92 Å². The molecular weight excluding hydrogens is 342 g/mol. The molecule has 3 aromatic rings. The number of aryl methyl sites for hydroxylation is 1. The summed E-state index contributed by atoms with van der Waals surface area (Å²) in [5, 5.41) is 4.74. The minimum atomic E-state index is 0.0232. The van der Waals surface area contributed by atoms with Gasteiger partial charge < -0.3 is 14.2 Å². The zero-order valence-electron chi connectivity index (χ0n) is 15.9. The maximum Gasteiger partial charge on any atom is 0.259 e. The smallest absolute Gasteiger partial charge is 0.259 e. The van der Waals surface area contributed by atoms with Gasteiger partial charge in [-0.2, -0.15) is 0 Å². The summed E-state index contributed by atoms with van der Waals surface area (Å²) in [6, 6.07) is 9.46. The van der Waals surface area contributed by atoms with Gasteiger partial charge in [0.25, 0.3) is 11.6 Å². The van der Waals surface area contributed by atoms with E-state index < -0.39 is 0 Å². The molecule has 0 spiro atoms. The van der Waals surface area contributed by atoms with E-state index in [9.17, 15) is 4.79 Å². The Morgan fingerprint density at radius 1 is 1.30 bits per heavy atom. The highest BCUT2D eigenvalue weighted by molar-refractivity contribution is 6.07. The minimum absolute atomic E-state index is 0.0232. The van der Waals surface area contributed by atoms with E-state index in [4.69, 9.17) is 9.26 Å². The Morgan fingerprint density at radius 2 is 2.07 bits per heavy atom. The highest BCUT2D eigenvalue weighted by Crippen LogP contribution is 2.30. The first-order valence-electron chi connectivity index (χ1n) is 9.27. The number of rotatable bonds is 3. The Kier molecular flexibility index (Phi) is 4.56. The Bertz CT molecular complexity index is 978. The number of methoxy groups -OCH3 is 1. The average Bonchev–Trinajstić information content (AvgIpc) is 3.08. The lowest BCUT2D eigenvalue weighted by Crippen LogP contribution is -2.39. The van der Waals surface area contributed by atoms with Gasteiger partial charge in [-0.05, 0) is 56.0 Å². The van der Waals surface area contributed by atoms with E-state index in [1.54, 1.807) is 7.11 Å². The van der Waals surface area contributed by atoms with Crippen LogP contribution >= 0.6 is 0 Å². The number of carbonyl (C=O) groups excluding carboxylic acids is 1. The number of hydrogen-bond donors (Lipinski definition) is 0. The summed E-state index contributed by atoms with van der Waals surface area (Å²) < 4.78 is 10.6. The number of amides is 1. The maximum atomic E-state index is 13.3. The standard InChI is InChI=1S/C21H23N3O3/c1-13-5-4-10-24(12-13)21(25)17-11-18(15-6-8-16(26-3)9-7-15)22-20-19(17)14(2)23-27-20/h6-9,11,13H,4-5,10,12H2,1-3H3/t13-/m0/s1. The van der Waals surface area contributed by atoms with Crippen molar-refractivity contribution < 1.29 is 14.1 Å². The lowest BCUT2D eigenvalue weighted by atomic mass is 9.98. The number of pyridine rings is 1. The van der Waals surface area contributed by atoms with E-state index >= 15 is 0 Å². The third-order valence-electron chi connectivity index (χ3n) is 5.18. The van der Waals surface area contributed by atoms with Crippen molar-refractivity contribution in [3.05, 3.63) is 41.6 Å². The first-order chi connectivity index (χ1) is 13.1. The second-order valence-corrected chi connectivity index (χ2v) is 7.23. The van der Waals surface area contributed by atoms with Crippen molar-refractivity contribution in [1.29, 1.82) is 0 Å². The van der Waals surface area contributed by atoms with Crippen LogP contribution in [0.1, 0.15) is 35.8 Å². The fourth-order valence-electron chi connectivity index (χ4n) is 3.72. The molecule has 6 nitrogen and oxygen atoms in total. The zero-order chi connectivity index (χ0) is 19.0. The molecule has 1 aliphatic heterocycles. The monoisotopic (exact) mass is 365 g/mol. The number of ether oxygens (including phenoxy) is 1. The first kappa shape index (κ1) is 17.5. The fourth-order valence-corrected chi connectivity index (χ4v) is 3.72. The molecule has 0 unspecified atom stereocenters. The summed E-state index contributed by atoms with van der Waals surface area (Å²) in [5.74, 6) is 1.31. The third-order valence-corrected chi connectivity index (χ3v) is 5.18.